The Morgan fingerprint density at radius 2 is 1.87 bits per heavy atom. The topological polar surface area (TPSA) is 0 Å². The largest absolute Gasteiger partial charge is 0.131 e. The highest BCUT2D eigenvalue weighted by Crippen LogP contribution is 2.38. The predicted molar refractivity (Wildman–Crippen MR) is 74.0 cm³/mol. The van der Waals surface area contributed by atoms with Gasteiger partial charge in [0.05, 0.1) is 8.61 Å². The van der Waals surface area contributed by atoms with Crippen LogP contribution in [0.25, 0.3) is 0 Å². The number of thiophene rings is 1. The molecule has 2 rings (SSSR count). The third-order valence-corrected chi connectivity index (χ3v) is 5.74. The normalized spacial score (nSPS) is 12.7. The summed E-state index contributed by atoms with van der Waals surface area (Å²) in [6.07, 6.45) is 0. The Balaban J connectivity index is 2.32. The first kappa shape index (κ1) is 11.4. The zero-order chi connectivity index (χ0) is 10.8. The van der Waals surface area contributed by atoms with Crippen LogP contribution >= 0.6 is 43.2 Å². The van der Waals surface area contributed by atoms with Gasteiger partial charge in [-0.2, -0.15) is 0 Å². The van der Waals surface area contributed by atoms with Gasteiger partial charge < -0.3 is 0 Å². The monoisotopic (exact) mass is 344 g/mol. The third-order valence-electron chi connectivity index (χ3n) is 2.22. The number of benzene rings is 1. The molecule has 0 amide bonds. The molecule has 1 atom stereocenters. The van der Waals surface area contributed by atoms with Crippen molar-refractivity contribution in [3.8, 4) is 0 Å². The van der Waals surface area contributed by atoms with E-state index in [1.807, 2.05) is 6.07 Å². The van der Waals surface area contributed by atoms with E-state index in [0.29, 0.717) is 4.83 Å². The van der Waals surface area contributed by atoms with Crippen LogP contribution in [0.3, 0.4) is 0 Å². The predicted octanol–water partition coefficient (Wildman–Crippen LogP) is 5.30. The molecule has 1 unspecified atom stereocenters. The van der Waals surface area contributed by atoms with E-state index in [1.54, 1.807) is 11.3 Å². The van der Waals surface area contributed by atoms with Crippen LogP contribution in [-0.4, -0.2) is 0 Å². The molecule has 0 nitrogen and oxygen atoms in total. The maximum absolute atomic E-state index is 3.73. The quantitative estimate of drug-likeness (QED) is 0.647. The highest BCUT2D eigenvalue weighted by atomic mass is 79.9. The Morgan fingerprint density at radius 1 is 1.20 bits per heavy atom. The van der Waals surface area contributed by atoms with Gasteiger partial charge in [0.25, 0.3) is 0 Å². The number of alkyl halides is 1. The molecular weight excluding hydrogens is 336 g/mol. The molecule has 0 bridgehead atoms. The summed E-state index contributed by atoms with van der Waals surface area (Å²) in [5, 5.41) is 0. The molecule has 0 aliphatic rings. The van der Waals surface area contributed by atoms with Crippen molar-refractivity contribution in [1.82, 2.24) is 0 Å². The summed E-state index contributed by atoms with van der Waals surface area (Å²) < 4.78 is 1.22. The highest BCUT2D eigenvalue weighted by Gasteiger charge is 2.13. The zero-order valence-corrected chi connectivity index (χ0v) is 12.2. The molecular formula is C12H10Br2S. The van der Waals surface area contributed by atoms with Crippen molar-refractivity contribution >= 4 is 43.2 Å². The van der Waals surface area contributed by atoms with Gasteiger partial charge in [-0.15, -0.1) is 11.3 Å². The highest BCUT2D eigenvalue weighted by molar-refractivity contribution is 9.11. The van der Waals surface area contributed by atoms with Crippen LogP contribution in [-0.2, 0) is 0 Å². The Morgan fingerprint density at radius 3 is 2.40 bits per heavy atom. The summed E-state index contributed by atoms with van der Waals surface area (Å²) in [6, 6.07) is 12.7. The lowest BCUT2D eigenvalue weighted by molar-refractivity contribution is 1.22. The van der Waals surface area contributed by atoms with Gasteiger partial charge in [-0.05, 0) is 40.0 Å². The van der Waals surface area contributed by atoms with Gasteiger partial charge in [0.1, 0.15) is 0 Å². The van der Waals surface area contributed by atoms with Gasteiger partial charge in [-0.25, -0.2) is 0 Å². The summed E-state index contributed by atoms with van der Waals surface area (Å²) in [4.78, 5) is 1.64. The molecule has 15 heavy (non-hydrogen) atoms. The van der Waals surface area contributed by atoms with Gasteiger partial charge in [0.15, 0.2) is 0 Å². The molecule has 0 aliphatic heterocycles. The summed E-state index contributed by atoms with van der Waals surface area (Å²) in [7, 11) is 0. The minimum absolute atomic E-state index is 0.300. The van der Waals surface area contributed by atoms with E-state index in [0.717, 1.165) is 0 Å². The van der Waals surface area contributed by atoms with E-state index in [2.05, 4.69) is 69.1 Å². The van der Waals surface area contributed by atoms with Crippen molar-refractivity contribution in [1.29, 1.82) is 0 Å². The van der Waals surface area contributed by atoms with Gasteiger partial charge in [-0.3, -0.25) is 0 Å². The fourth-order valence-corrected chi connectivity index (χ4v) is 3.69. The SMILES string of the molecule is Cc1cc(C(Br)c2ccccc2)sc1Br. The van der Waals surface area contributed by atoms with Crippen molar-refractivity contribution in [2.75, 3.05) is 0 Å². The van der Waals surface area contributed by atoms with Gasteiger partial charge >= 0.3 is 0 Å². The summed E-state index contributed by atoms with van der Waals surface area (Å²) in [5.74, 6) is 0. The van der Waals surface area contributed by atoms with E-state index in [1.165, 1.54) is 19.8 Å². The molecule has 0 spiro atoms. The van der Waals surface area contributed by atoms with E-state index in [-0.39, 0.29) is 0 Å². The fraction of sp³-hybridized carbons (Fsp3) is 0.167. The first-order valence-corrected chi connectivity index (χ1v) is 7.16. The smallest absolute Gasteiger partial charge is 0.0738 e. The minimum atomic E-state index is 0.300. The lowest BCUT2D eigenvalue weighted by Gasteiger charge is -2.06. The van der Waals surface area contributed by atoms with Gasteiger partial charge in [0.2, 0.25) is 0 Å². The molecule has 78 valence electrons. The standard InChI is InChI=1S/C12H10Br2S/c1-8-7-10(15-12(8)14)11(13)9-5-3-2-4-6-9/h2-7,11H,1H3. The maximum Gasteiger partial charge on any atom is 0.0738 e. The van der Waals surface area contributed by atoms with Crippen molar-refractivity contribution in [3.63, 3.8) is 0 Å². The van der Waals surface area contributed by atoms with Crippen LogP contribution in [0.2, 0.25) is 0 Å². The van der Waals surface area contributed by atoms with Crippen LogP contribution in [0.5, 0.6) is 0 Å². The molecule has 0 N–H and O–H groups in total. The molecule has 1 heterocycles. The second-order valence-corrected chi connectivity index (χ2v) is 6.70. The zero-order valence-electron chi connectivity index (χ0n) is 8.21. The van der Waals surface area contributed by atoms with Crippen LogP contribution in [0.1, 0.15) is 20.8 Å². The van der Waals surface area contributed by atoms with Crippen molar-refractivity contribution in [2.45, 2.75) is 11.8 Å². The van der Waals surface area contributed by atoms with Crippen LogP contribution in [0, 0.1) is 6.92 Å². The van der Waals surface area contributed by atoms with E-state index in [4.69, 9.17) is 0 Å². The van der Waals surface area contributed by atoms with Crippen LogP contribution in [0.4, 0.5) is 0 Å². The lowest BCUT2D eigenvalue weighted by Crippen LogP contribution is -1.87. The number of hydrogen-bond donors (Lipinski definition) is 0. The maximum atomic E-state index is 3.73. The van der Waals surface area contributed by atoms with Crippen LogP contribution in [0.15, 0.2) is 40.2 Å². The summed E-state index contributed by atoms with van der Waals surface area (Å²) >= 11 is 9.07. The Kier molecular flexibility index (Phi) is 3.65. The van der Waals surface area contributed by atoms with Crippen molar-refractivity contribution in [2.24, 2.45) is 0 Å². The molecule has 1 aromatic carbocycles. The molecule has 1 aromatic heterocycles. The lowest BCUT2D eigenvalue weighted by atomic mass is 10.1. The average molecular weight is 346 g/mol. The number of rotatable bonds is 2. The van der Waals surface area contributed by atoms with Crippen molar-refractivity contribution in [3.05, 3.63) is 56.2 Å². The average Bonchev–Trinajstić information content (AvgIpc) is 2.59. The number of aryl methyl sites for hydroxylation is 1. The summed E-state index contributed by atoms with van der Waals surface area (Å²) in [6.45, 7) is 2.12. The third kappa shape index (κ3) is 2.52. The Bertz CT molecular complexity index is 428. The molecule has 3 heteroatoms. The minimum Gasteiger partial charge on any atom is -0.131 e. The second-order valence-electron chi connectivity index (χ2n) is 3.38. The van der Waals surface area contributed by atoms with E-state index in [9.17, 15) is 0 Å². The Hall–Kier alpha value is -0.120. The molecule has 0 radical (unpaired) electrons. The first-order chi connectivity index (χ1) is 7.18. The molecule has 2 aromatic rings. The first-order valence-electron chi connectivity index (χ1n) is 4.63. The second kappa shape index (κ2) is 4.81. The van der Waals surface area contributed by atoms with E-state index < -0.39 is 0 Å². The molecule has 0 saturated heterocycles. The van der Waals surface area contributed by atoms with Gasteiger partial charge in [0, 0.05) is 4.88 Å². The van der Waals surface area contributed by atoms with Crippen molar-refractivity contribution < 1.29 is 0 Å². The number of hydrogen-bond acceptors (Lipinski definition) is 1. The summed E-state index contributed by atoms with van der Waals surface area (Å²) in [5.41, 5.74) is 2.60. The Labute approximate surface area is 111 Å². The van der Waals surface area contributed by atoms with Crippen LogP contribution < -0.4 is 0 Å². The fourth-order valence-electron chi connectivity index (χ4n) is 1.39. The molecule has 0 fully saturated rings. The molecule has 0 saturated carbocycles. The van der Waals surface area contributed by atoms with Gasteiger partial charge in [-0.1, -0.05) is 46.3 Å². The molecule has 0 aliphatic carbocycles. The number of halogens is 2. The van der Waals surface area contributed by atoms with E-state index >= 15 is 0 Å².